The van der Waals surface area contributed by atoms with Crippen molar-refractivity contribution in [1.29, 1.82) is 0 Å². The Kier molecular flexibility index (Phi) is 7.27. The fourth-order valence-corrected chi connectivity index (χ4v) is 4.23. The number of sulfonamides is 1. The highest BCUT2D eigenvalue weighted by atomic mass is 32.2. The molecular formula is C22H29N3O6S. The van der Waals surface area contributed by atoms with Crippen molar-refractivity contribution >= 4 is 27.4 Å². The van der Waals surface area contributed by atoms with Gasteiger partial charge in [-0.3, -0.25) is 4.31 Å². The fourth-order valence-electron chi connectivity index (χ4n) is 3.73. The lowest BCUT2D eigenvalue weighted by Gasteiger charge is -2.34. The standard InChI is InChI=1S/C22H29N3O6S/c1-24(32(2,30)31)19-13-16(5-8-20(19)26)21(27)14-23-17-9-11-25(12-10-17)18-6-3-15(4-7-18)22(28)29/h3-8,13,17,21,23,26-27H,9-12,14H2,1-2H3,(H,28,29)/t21-/m0/s1. The van der Waals surface area contributed by atoms with Crippen molar-refractivity contribution in [1.82, 2.24) is 5.32 Å². The molecule has 1 atom stereocenters. The van der Waals surface area contributed by atoms with Gasteiger partial charge in [0, 0.05) is 38.4 Å². The number of aromatic carboxylic acids is 1. The number of nitrogens with one attached hydrogen (secondary N) is 1. The molecular weight excluding hydrogens is 434 g/mol. The van der Waals surface area contributed by atoms with E-state index in [9.17, 15) is 23.4 Å². The summed E-state index contributed by atoms with van der Waals surface area (Å²) in [4.78, 5) is 13.2. The van der Waals surface area contributed by atoms with Gasteiger partial charge in [-0.05, 0) is 54.8 Å². The van der Waals surface area contributed by atoms with E-state index >= 15 is 0 Å². The van der Waals surface area contributed by atoms with E-state index in [2.05, 4.69) is 10.2 Å². The SMILES string of the molecule is CN(c1cc([C@@H](O)CNC2CCN(c3ccc(C(=O)O)cc3)CC2)ccc1O)S(C)(=O)=O. The number of rotatable bonds is 8. The van der Waals surface area contributed by atoms with Gasteiger partial charge in [-0.1, -0.05) is 6.07 Å². The summed E-state index contributed by atoms with van der Waals surface area (Å²) in [6.07, 6.45) is 1.92. The minimum absolute atomic E-state index is 0.117. The maximum absolute atomic E-state index is 11.8. The largest absolute Gasteiger partial charge is 0.506 e. The Morgan fingerprint density at radius 2 is 1.81 bits per heavy atom. The molecule has 174 valence electrons. The summed E-state index contributed by atoms with van der Waals surface area (Å²) in [5.41, 5.74) is 1.88. The van der Waals surface area contributed by atoms with E-state index in [1.165, 1.54) is 19.2 Å². The first-order valence-electron chi connectivity index (χ1n) is 10.3. The molecule has 4 N–H and O–H groups in total. The third kappa shape index (κ3) is 5.70. The molecule has 0 unspecified atom stereocenters. The molecule has 0 radical (unpaired) electrons. The van der Waals surface area contributed by atoms with Crippen molar-refractivity contribution in [2.24, 2.45) is 0 Å². The monoisotopic (exact) mass is 463 g/mol. The zero-order valence-electron chi connectivity index (χ0n) is 18.1. The van der Waals surface area contributed by atoms with E-state index in [-0.39, 0.29) is 23.0 Å². The van der Waals surface area contributed by atoms with E-state index < -0.39 is 22.1 Å². The van der Waals surface area contributed by atoms with E-state index in [0.29, 0.717) is 12.1 Å². The van der Waals surface area contributed by atoms with Crippen LogP contribution >= 0.6 is 0 Å². The van der Waals surface area contributed by atoms with Crippen LogP contribution in [0.3, 0.4) is 0 Å². The molecule has 0 aliphatic carbocycles. The minimum atomic E-state index is -3.54. The molecule has 0 aromatic heterocycles. The molecule has 32 heavy (non-hydrogen) atoms. The number of carboxylic acid groups (broad SMARTS) is 1. The lowest BCUT2D eigenvalue weighted by atomic mass is 10.0. The first-order chi connectivity index (χ1) is 15.1. The molecule has 1 aliphatic rings. The van der Waals surface area contributed by atoms with Crippen LogP contribution < -0.4 is 14.5 Å². The fraction of sp³-hybridized carbons (Fsp3) is 0.409. The Labute approximate surface area is 188 Å². The van der Waals surface area contributed by atoms with Crippen LogP contribution in [-0.4, -0.2) is 68.7 Å². The number of anilines is 2. The number of carboxylic acids is 1. The Morgan fingerprint density at radius 1 is 1.19 bits per heavy atom. The van der Waals surface area contributed by atoms with E-state index in [1.807, 2.05) is 12.1 Å². The summed E-state index contributed by atoms with van der Waals surface area (Å²) in [6.45, 7) is 1.91. The van der Waals surface area contributed by atoms with Crippen LogP contribution in [0.25, 0.3) is 0 Å². The van der Waals surface area contributed by atoms with E-state index in [0.717, 1.165) is 42.2 Å². The van der Waals surface area contributed by atoms with Crippen LogP contribution in [0.5, 0.6) is 5.75 Å². The van der Waals surface area contributed by atoms with Gasteiger partial charge in [-0.15, -0.1) is 0 Å². The van der Waals surface area contributed by atoms with Gasteiger partial charge in [0.25, 0.3) is 0 Å². The number of phenolic OH excluding ortho intramolecular Hbond substituents is 1. The normalized spacial score (nSPS) is 16.0. The Bertz CT molecular complexity index is 1050. The zero-order valence-corrected chi connectivity index (χ0v) is 18.9. The van der Waals surface area contributed by atoms with Gasteiger partial charge in [0.05, 0.1) is 23.6 Å². The molecule has 0 amide bonds. The molecule has 1 fully saturated rings. The Morgan fingerprint density at radius 3 is 2.38 bits per heavy atom. The molecule has 9 nitrogen and oxygen atoms in total. The highest BCUT2D eigenvalue weighted by Gasteiger charge is 2.22. The second-order valence-corrected chi connectivity index (χ2v) is 10.0. The third-order valence-electron chi connectivity index (χ3n) is 5.80. The first-order valence-corrected chi connectivity index (χ1v) is 12.2. The molecule has 0 spiro atoms. The molecule has 2 aromatic carbocycles. The lowest BCUT2D eigenvalue weighted by molar-refractivity contribution is 0.0697. The summed E-state index contributed by atoms with van der Waals surface area (Å²) in [6, 6.07) is 11.5. The van der Waals surface area contributed by atoms with Gasteiger partial charge >= 0.3 is 5.97 Å². The molecule has 0 bridgehead atoms. The maximum atomic E-state index is 11.8. The number of hydrogen-bond acceptors (Lipinski definition) is 7. The molecule has 3 rings (SSSR count). The van der Waals surface area contributed by atoms with Crippen LogP contribution in [0.1, 0.15) is 34.9 Å². The number of hydrogen-bond donors (Lipinski definition) is 4. The summed E-state index contributed by atoms with van der Waals surface area (Å²) in [5, 5.41) is 33.0. The molecule has 0 saturated carbocycles. The first kappa shape index (κ1) is 23.8. The predicted octanol–water partition coefficient (Wildman–Crippen LogP) is 1.78. The third-order valence-corrected chi connectivity index (χ3v) is 6.99. The molecule has 1 aliphatic heterocycles. The molecule has 1 saturated heterocycles. The average Bonchev–Trinajstić information content (AvgIpc) is 2.77. The van der Waals surface area contributed by atoms with Crippen molar-refractivity contribution in [2.75, 3.05) is 42.1 Å². The summed E-state index contributed by atoms with van der Waals surface area (Å²) in [5.74, 6) is -1.12. The van der Waals surface area contributed by atoms with Crippen molar-refractivity contribution in [3.8, 4) is 5.75 Å². The Balaban J connectivity index is 1.54. The highest BCUT2D eigenvalue weighted by Crippen LogP contribution is 2.31. The van der Waals surface area contributed by atoms with Crippen LogP contribution in [0.4, 0.5) is 11.4 Å². The summed E-state index contributed by atoms with van der Waals surface area (Å²) in [7, 11) is -2.19. The van der Waals surface area contributed by atoms with Crippen molar-refractivity contribution in [3.63, 3.8) is 0 Å². The van der Waals surface area contributed by atoms with Crippen LogP contribution in [-0.2, 0) is 10.0 Å². The van der Waals surface area contributed by atoms with Crippen LogP contribution in [0.15, 0.2) is 42.5 Å². The Hall–Kier alpha value is -2.82. The summed E-state index contributed by atoms with van der Waals surface area (Å²) >= 11 is 0. The maximum Gasteiger partial charge on any atom is 0.335 e. The number of aliphatic hydroxyl groups excluding tert-OH is 1. The van der Waals surface area contributed by atoms with Gasteiger partial charge in [0.15, 0.2) is 0 Å². The predicted molar refractivity (Wildman–Crippen MR) is 123 cm³/mol. The van der Waals surface area contributed by atoms with Crippen LogP contribution in [0.2, 0.25) is 0 Å². The highest BCUT2D eigenvalue weighted by molar-refractivity contribution is 7.92. The molecule has 1 heterocycles. The van der Waals surface area contributed by atoms with E-state index in [4.69, 9.17) is 5.11 Å². The number of phenols is 1. The van der Waals surface area contributed by atoms with Gasteiger partial charge < -0.3 is 25.5 Å². The van der Waals surface area contributed by atoms with Crippen molar-refractivity contribution < 1.29 is 28.5 Å². The van der Waals surface area contributed by atoms with Gasteiger partial charge in [0.2, 0.25) is 10.0 Å². The van der Waals surface area contributed by atoms with Crippen molar-refractivity contribution in [3.05, 3.63) is 53.6 Å². The number of aliphatic hydroxyl groups is 1. The number of aromatic hydroxyl groups is 1. The lowest BCUT2D eigenvalue weighted by Crippen LogP contribution is -2.43. The zero-order chi connectivity index (χ0) is 23.5. The van der Waals surface area contributed by atoms with Gasteiger partial charge in [-0.25, -0.2) is 13.2 Å². The minimum Gasteiger partial charge on any atom is -0.506 e. The topological polar surface area (TPSA) is 130 Å². The average molecular weight is 464 g/mol. The molecule has 2 aromatic rings. The van der Waals surface area contributed by atoms with Gasteiger partial charge in [0.1, 0.15) is 5.75 Å². The van der Waals surface area contributed by atoms with E-state index in [1.54, 1.807) is 18.2 Å². The smallest absolute Gasteiger partial charge is 0.335 e. The number of piperidine rings is 1. The summed E-state index contributed by atoms with van der Waals surface area (Å²) < 4.78 is 24.5. The van der Waals surface area contributed by atoms with Crippen LogP contribution in [0, 0.1) is 0 Å². The quantitative estimate of drug-likeness (QED) is 0.466. The van der Waals surface area contributed by atoms with Crippen molar-refractivity contribution in [2.45, 2.75) is 25.0 Å². The number of benzene rings is 2. The number of nitrogens with zero attached hydrogens (tertiary/aromatic N) is 2. The molecule has 10 heteroatoms. The number of carbonyl (C=O) groups is 1. The second kappa shape index (κ2) is 9.76. The second-order valence-electron chi connectivity index (χ2n) is 8.02. The van der Waals surface area contributed by atoms with Gasteiger partial charge in [-0.2, -0.15) is 0 Å².